The Morgan fingerprint density at radius 2 is 1.60 bits per heavy atom. The lowest BCUT2D eigenvalue weighted by Crippen LogP contribution is -2.34. The third-order valence-electron chi connectivity index (χ3n) is 4.48. The molecular formula is C22H22N2O5S. The summed E-state index contributed by atoms with van der Waals surface area (Å²) in [5.41, 5.74) is 0.917. The Morgan fingerprint density at radius 1 is 0.933 bits per heavy atom. The van der Waals surface area contributed by atoms with Gasteiger partial charge in [0.1, 0.15) is 6.54 Å². The lowest BCUT2D eigenvalue weighted by Gasteiger charge is -2.14. The van der Waals surface area contributed by atoms with Gasteiger partial charge in [-0.3, -0.25) is 9.59 Å². The molecule has 3 rings (SSSR count). The van der Waals surface area contributed by atoms with Gasteiger partial charge in [0.2, 0.25) is 10.0 Å². The Bertz CT molecular complexity index is 1150. The fourth-order valence-electron chi connectivity index (χ4n) is 2.88. The van der Waals surface area contributed by atoms with Crippen LogP contribution in [-0.2, 0) is 24.3 Å². The van der Waals surface area contributed by atoms with Crippen LogP contribution in [0.1, 0.15) is 18.5 Å². The molecule has 0 bridgehead atoms. The number of sulfonamides is 1. The normalized spacial score (nSPS) is 12.3. The minimum Gasteiger partial charge on any atom is -0.455 e. The summed E-state index contributed by atoms with van der Waals surface area (Å²) in [7, 11) is -3.89. The van der Waals surface area contributed by atoms with E-state index in [4.69, 9.17) is 4.74 Å². The number of ether oxygens (including phenoxy) is 1. The second kappa shape index (κ2) is 9.51. The van der Waals surface area contributed by atoms with Gasteiger partial charge in [0, 0.05) is 0 Å². The molecule has 0 fully saturated rings. The molecule has 2 N–H and O–H groups in total. The van der Waals surface area contributed by atoms with Crippen molar-refractivity contribution in [1.82, 2.24) is 10.0 Å². The summed E-state index contributed by atoms with van der Waals surface area (Å²) in [5.74, 6) is -1.32. The molecule has 3 aromatic rings. The molecule has 0 aliphatic rings. The summed E-state index contributed by atoms with van der Waals surface area (Å²) < 4.78 is 31.9. The Kier molecular flexibility index (Phi) is 6.81. The van der Waals surface area contributed by atoms with E-state index in [1.165, 1.54) is 12.1 Å². The van der Waals surface area contributed by atoms with Gasteiger partial charge < -0.3 is 10.1 Å². The highest BCUT2D eigenvalue weighted by molar-refractivity contribution is 7.89. The van der Waals surface area contributed by atoms with Gasteiger partial charge >= 0.3 is 5.97 Å². The SMILES string of the molecule is C[C@@H](NC(=O)COC(=O)CNS(=O)(=O)c1ccc2ccccc2c1)c1ccccc1. The van der Waals surface area contributed by atoms with E-state index >= 15 is 0 Å². The molecule has 7 nitrogen and oxygen atoms in total. The molecular weight excluding hydrogens is 404 g/mol. The number of esters is 1. The summed E-state index contributed by atoms with van der Waals surface area (Å²) in [4.78, 5) is 23.9. The molecule has 0 radical (unpaired) electrons. The van der Waals surface area contributed by atoms with Crippen LogP contribution in [-0.4, -0.2) is 33.4 Å². The smallest absolute Gasteiger partial charge is 0.321 e. The zero-order valence-electron chi connectivity index (χ0n) is 16.4. The van der Waals surface area contributed by atoms with Crippen molar-refractivity contribution in [2.75, 3.05) is 13.2 Å². The number of nitrogens with one attached hydrogen (secondary N) is 2. The molecule has 1 amide bonds. The molecule has 0 aliphatic carbocycles. The van der Waals surface area contributed by atoms with Crippen LogP contribution in [0.15, 0.2) is 77.7 Å². The summed E-state index contributed by atoms with van der Waals surface area (Å²) >= 11 is 0. The monoisotopic (exact) mass is 426 g/mol. The molecule has 8 heteroatoms. The van der Waals surface area contributed by atoms with Crippen LogP contribution >= 0.6 is 0 Å². The van der Waals surface area contributed by atoms with Crippen LogP contribution in [0.3, 0.4) is 0 Å². The number of benzene rings is 3. The highest BCUT2D eigenvalue weighted by Crippen LogP contribution is 2.18. The first kappa shape index (κ1) is 21.5. The Labute approximate surface area is 175 Å². The molecule has 0 aliphatic heterocycles. The summed E-state index contributed by atoms with van der Waals surface area (Å²) in [6, 6.07) is 21.1. The fraction of sp³-hybridized carbons (Fsp3) is 0.182. The lowest BCUT2D eigenvalue weighted by atomic mass is 10.1. The van der Waals surface area contributed by atoms with Crippen molar-refractivity contribution in [3.63, 3.8) is 0 Å². The van der Waals surface area contributed by atoms with Crippen LogP contribution in [0.2, 0.25) is 0 Å². The number of rotatable bonds is 8. The minimum atomic E-state index is -3.89. The maximum Gasteiger partial charge on any atom is 0.321 e. The van der Waals surface area contributed by atoms with Crippen molar-refractivity contribution >= 4 is 32.7 Å². The van der Waals surface area contributed by atoms with Crippen LogP contribution in [0, 0.1) is 0 Å². The van der Waals surface area contributed by atoms with Crippen molar-refractivity contribution in [1.29, 1.82) is 0 Å². The molecule has 0 unspecified atom stereocenters. The van der Waals surface area contributed by atoms with Gasteiger partial charge in [0.25, 0.3) is 5.91 Å². The van der Waals surface area contributed by atoms with E-state index in [1.807, 2.05) is 55.5 Å². The minimum absolute atomic E-state index is 0.0448. The number of hydrogen-bond donors (Lipinski definition) is 2. The van der Waals surface area contributed by atoms with E-state index in [-0.39, 0.29) is 10.9 Å². The second-order valence-electron chi connectivity index (χ2n) is 6.69. The molecule has 3 aromatic carbocycles. The van der Waals surface area contributed by atoms with E-state index < -0.39 is 35.1 Å². The predicted molar refractivity (Wildman–Crippen MR) is 113 cm³/mol. The lowest BCUT2D eigenvalue weighted by molar-refractivity contribution is -0.147. The van der Waals surface area contributed by atoms with E-state index in [0.29, 0.717) is 0 Å². The molecule has 0 saturated heterocycles. The van der Waals surface area contributed by atoms with Crippen molar-refractivity contribution in [2.45, 2.75) is 17.9 Å². The van der Waals surface area contributed by atoms with Crippen LogP contribution in [0.25, 0.3) is 10.8 Å². The van der Waals surface area contributed by atoms with Crippen molar-refractivity contribution in [3.8, 4) is 0 Å². The number of carbonyl (C=O) groups is 2. The van der Waals surface area contributed by atoms with E-state index in [9.17, 15) is 18.0 Å². The second-order valence-corrected chi connectivity index (χ2v) is 8.46. The van der Waals surface area contributed by atoms with Crippen LogP contribution in [0.5, 0.6) is 0 Å². The van der Waals surface area contributed by atoms with Gasteiger partial charge in [-0.15, -0.1) is 0 Å². The van der Waals surface area contributed by atoms with Crippen molar-refractivity contribution < 1.29 is 22.7 Å². The number of fused-ring (bicyclic) bond motifs is 1. The Balaban J connectivity index is 1.49. The third kappa shape index (κ3) is 5.65. The number of carbonyl (C=O) groups excluding carboxylic acids is 2. The summed E-state index contributed by atoms with van der Waals surface area (Å²) in [6.45, 7) is 0.747. The van der Waals surface area contributed by atoms with Gasteiger partial charge in [-0.05, 0) is 35.4 Å². The van der Waals surface area contributed by atoms with Gasteiger partial charge in [-0.25, -0.2) is 8.42 Å². The molecule has 30 heavy (non-hydrogen) atoms. The van der Waals surface area contributed by atoms with Gasteiger partial charge in [0.05, 0.1) is 10.9 Å². The van der Waals surface area contributed by atoms with Gasteiger partial charge in [-0.2, -0.15) is 4.72 Å². The first-order valence-corrected chi connectivity index (χ1v) is 10.8. The molecule has 0 aromatic heterocycles. The van der Waals surface area contributed by atoms with E-state index in [0.717, 1.165) is 16.3 Å². The number of hydrogen-bond acceptors (Lipinski definition) is 5. The quantitative estimate of drug-likeness (QED) is 0.539. The maximum atomic E-state index is 12.4. The average Bonchev–Trinajstić information content (AvgIpc) is 2.76. The van der Waals surface area contributed by atoms with Crippen molar-refractivity contribution in [2.24, 2.45) is 0 Å². The maximum absolute atomic E-state index is 12.4. The Morgan fingerprint density at radius 3 is 2.33 bits per heavy atom. The summed E-state index contributed by atoms with van der Waals surface area (Å²) in [6.07, 6.45) is 0. The van der Waals surface area contributed by atoms with Crippen LogP contribution in [0.4, 0.5) is 0 Å². The third-order valence-corrected chi connectivity index (χ3v) is 5.88. The first-order chi connectivity index (χ1) is 14.3. The topological polar surface area (TPSA) is 102 Å². The molecule has 0 spiro atoms. The average molecular weight is 426 g/mol. The molecule has 1 atom stereocenters. The largest absolute Gasteiger partial charge is 0.455 e. The van der Waals surface area contributed by atoms with E-state index in [1.54, 1.807) is 12.1 Å². The standard InChI is InChI=1S/C22H22N2O5S/c1-16(17-7-3-2-4-8-17)24-21(25)15-29-22(26)14-23-30(27,28)20-12-11-18-9-5-6-10-19(18)13-20/h2-13,16,23H,14-15H2,1H3,(H,24,25)/t16-/m1/s1. The molecule has 0 heterocycles. The fourth-order valence-corrected chi connectivity index (χ4v) is 3.88. The highest BCUT2D eigenvalue weighted by Gasteiger charge is 2.17. The van der Waals surface area contributed by atoms with Crippen molar-refractivity contribution in [3.05, 3.63) is 78.4 Å². The molecule has 0 saturated carbocycles. The number of amides is 1. The zero-order chi connectivity index (χ0) is 21.6. The summed E-state index contributed by atoms with van der Waals surface area (Å²) in [5, 5.41) is 4.39. The van der Waals surface area contributed by atoms with Gasteiger partial charge in [-0.1, -0.05) is 60.7 Å². The molecule has 156 valence electrons. The zero-order valence-corrected chi connectivity index (χ0v) is 17.2. The Hall–Kier alpha value is -3.23. The first-order valence-electron chi connectivity index (χ1n) is 9.33. The predicted octanol–water partition coefficient (Wildman–Crippen LogP) is 2.54. The van der Waals surface area contributed by atoms with Crippen LogP contribution < -0.4 is 10.0 Å². The van der Waals surface area contributed by atoms with E-state index in [2.05, 4.69) is 10.0 Å². The highest BCUT2D eigenvalue weighted by atomic mass is 32.2. The van der Waals surface area contributed by atoms with Gasteiger partial charge in [0.15, 0.2) is 6.61 Å².